The van der Waals surface area contributed by atoms with Gasteiger partial charge in [0.25, 0.3) is 0 Å². The molecule has 0 amide bonds. The predicted octanol–water partition coefficient (Wildman–Crippen LogP) is 1.02. The minimum atomic E-state index is -4.33. The minimum absolute atomic E-state index is 0. The third kappa shape index (κ3) is 6.64. The minimum Gasteiger partial charge on any atom is -1.00 e. The van der Waals surface area contributed by atoms with E-state index in [4.69, 9.17) is 16.1 Å². The smallest absolute Gasteiger partial charge is 1.00 e. The quantitative estimate of drug-likeness (QED) is 0.308. The van der Waals surface area contributed by atoms with Crippen LogP contribution in [0.25, 0.3) is 11.1 Å². The second kappa shape index (κ2) is 10.2. The molecule has 0 bridgehead atoms. The van der Waals surface area contributed by atoms with Crippen LogP contribution in [-0.2, 0) is 14.6 Å². The molecule has 3 aromatic rings. The normalized spacial score (nSPS) is 13.2. The first-order valence-electron chi connectivity index (χ1n) is 8.04. The Kier molecular flexibility index (Phi) is 8.46. The summed E-state index contributed by atoms with van der Waals surface area (Å²) in [6, 6.07) is 18.5. The SMILES string of the molecule is O=P(O)(CNS(=O)(=O)c1ccc(-c2ccccc2)cc1)Oc1cccnc1Cl.[H-].[Na+]. The van der Waals surface area contributed by atoms with Gasteiger partial charge in [0.2, 0.25) is 10.0 Å². The molecule has 1 heterocycles. The van der Waals surface area contributed by atoms with Gasteiger partial charge in [-0.25, -0.2) is 18.0 Å². The Balaban J connectivity index is 0.00000225. The molecular weight excluding hydrogens is 446 g/mol. The second-order valence-electron chi connectivity index (χ2n) is 5.72. The van der Waals surface area contributed by atoms with E-state index in [1.54, 1.807) is 12.1 Å². The summed E-state index contributed by atoms with van der Waals surface area (Å²) >= 11 is 5.77. The van der Waals surface area contributed by atoms with Crippen LogP contribution in [-0.4, -0.2) is 24.6 Å². The molecule has 0 fully saturated rings. The van der Waals surface area contributed by atoms with Crippen LogP contribution in [0.3, 0.4) is 0 Å². The molecule has 0 saturated carbocycles. The van der Waals surface area contributed by atoms with Gasteiger partial charge in [-0.15, -0.1) is 0 Å². The molecule has 7 nitrogen and oxygen atoms in total. The van der Waals surface area contributed by atoms with Crippen LogP contribution in [0.5, 0.6) is 5.75 Å². The van der Waals surface area contributed by atoms with Crippen molar-refractivity contribution in [2.24, 2.45) is 0 Å². The maximum atomic E-state index is 12.4. The van der Waals surface area contributed by atoms with Crippen LogP contribution in [0.2, 0.25) is 5.15 Å². The zero-order chi connectivity index (χ0) is 20.2. The number of rotatable bonds is 7. The molecular formula is C18H17ClN2NaO5PS. The van der Waals surface area contributed by atoms with Crippen molar-refractivity contribution in [1.29, 1.82) is 0 Å². The molecule has 2 N–H and O–H groups in total. The molecule has 0 saturated heterocycles. The van der Waals surface area contributed by atoms with Crippen molar-refractivity contribution in [3.05, 3.63) is 78.1 Å². The zero-order valence-corrected chi connectivity index (χ0v) is 19.9. The Morgan fingerprint density at radius 2 is 1.66 bits per heavy atom. The number of halogens is 1. The molecule has 29 heavy (non-hydrogen) atoms. The summed E-state index contributed by atoms with van der Waals surface area (Å²) in [5.41, 5.74) is 1.79. The molecule has 1 aromatic heterocycles. The summed E-state index contributed by atoms with van der Waals surface area (Å²) in [4.78, 5) is 13.6. The van der Waals surface area contributed by atoms with Gasteiger partial charge in [-0.05, 0) is 35.4 Å². The van der Waals surface area contributed by atoms with Crippen molar-refractivity contribution in [1.82, 2.24) is 9.71 Å². The van der Waals surface area contributed by atoms with E-state index in [0.717, 1.165) is 11.1 Å². The number of aromatic nitrogens is 1. The van der Waals surface area contributed by atoms with Gasteiger partial charge in [0, 0.05) is 6.20 Å². The number of nitrogens with zero attached hydrogens (tertiary/aromatic N) is 1. The summed E-state index contributed by atoms with van der Waals surface area (Å²) in [5, 5.41) is -0.101. The van der Waals surface area contributed by atoms with Crippen LogP contribution < -0.4 is 38.8 Å². The first kappa shape index (κ1) is 24.1. The molecule has 0 aliphatic rings. The molecule has 2 aromatic carbocycles. The largest absolute Gasteiger partial charge is 1.00 e. The van der Waals surface area contributed by atoms with Crippen LogP contribution in [0.15, 0.2) is 77.8 Å². The van der Waals surface area contributed by atoms with Crippen molar-refractivity contribution < 1.29 is 53.4 Å². The van der Waals surface area contributed by atoms with Gasteiger partial charge in [0.15, 0.2) is 10.9 Å². The van der Waals surface area contributed by atoms with Crippen LogP contribution in [0, 0.1) is 0 Å². The van der Waals surface area contributed by atoms with Gasteiger partial charge in [-0.3, -0.25) is 0 Å². The molecule has 0 aliphatic carbocycles. The van der Waals surface area contributed by atoms with E-state index in [2.05, 4.69) is 9.71 Å². The Morgan fingerprint density at radius 3 is 2.28 bits per heavy atom. The monoisotopic (exact) mass is 462 g/mol. The van der Waals surface area contributed by atoms with E-state index in [9.17, 15) is 17.9 Å². The second-order valence-corrected chi connectivity index (χ2v) is 9.62. The molecule has 1 unspecified atom stereocenters. The molecule has 0 spiro atoms. The summed E-state index contributed by atoms with van der Waals surface area (Å²) in [6.45, 7) is 0. The van der Waals surface area contributed by atoms with Crippen molar-refractivity contribution >= 4 is 29.2 Å². The summed E-state index contributed by atoms with van der Waals surface area (Å²) < 4.78 is 44.0. The fourth-order valence-corrected chi connectivity index (χ4v) is 5.06. The van der Waals surface area contributed by atoms with E-state index in [1.165, 1.54) is 30.5 Å². The van der Waals surface area contributed by atoms with Gasteiger partial charge in [-0.1, -0.05) is 54.1 Å². The first-order chi connectivity index (χ1) is 13.3. The molecule has 1 atom stereocenters. The number of sulfonamides is 1. The Hall–Kier alpha value is -1.22. The van der Waals surface area contributed by atoms with Crippen molar-refractivity contribution in [3.63, 3.8) is 0 Å². The van der Waals surface area contributed by atoms with Gasteiger partial charge >= 0.3 is 37.2 Å². The van der Waals surface area contributed by atoms with Gasteiger partial charge in [0.1, 0.15) is 6.29 Å². The topological polar surface area (TPSA) is 106 Å². The van der Waals surface area contributed by atoms with Crippen LogP contribution in [0.4, 0.5) is 0 Å². The average Bonchev–Trinajstić information content (AvgIpc) is 2.69. The maximum absolute atomic E-state index is 12.4. The fraction of sp³-hybridized carbons (Fsp3) is 0.0556. The Bertz CT molecular complexity index is 1120. The number of pyridine rings is 1. The number of hydrogen-bond donors (Lipinski definition) is 2. The number of benzene rings is 2. The number of nitrogens with one attached hydrogen (secondary N) is 1. The molecule has 0 radical (unpaired) electrons. The molecule has 11 heteroatoms. The summed E-state index contributed by atoms with van der Waals surface area (Å²) in [7, 11) is -8.34. The zero-order valence-electron chi connectivity index (χ0n) is 16.4. The van der Waals surface area contributed by atoms with Crippen molar-refractivity contribution in [2.75, 3.05) is 6.29 Å². The van der Waals surface area contributed by atoms with E-state index in [0.29, 0.717) is 0 Å². The van der Waals surface area contributed by atoms with E-state index >= 15 is 0 Å². The van der Waals surface area contributed by atoms with Gasteiger partial charge in [-0.2, -0.15) is 4.72 Å². The van der Waals surface area contributed by atoms with Crippen LogP contribution >= 0.6 is 19.2 Å². The van der Waals surface area contributed by atoms with E-state index in [1.807, 2.05) is 30.3 Å². The first-order valence-corrected chi connectivity index (χ1v) is 11.7. The third-order valence-electron chi connectivity index (χ3n) is 3.69. The van der Waals surface area contributed by atoms with Crippen LogP contribution in [0.1, 0.15) is 1.43 Å². The van der Waals surface area contributed by atoms with E-state index < -0.39 is 23.9 Å². The van der Waals surface area contributed by atoms with Gasteiger partial charge < -0.3 is 10.8 Å². The summed E-state index contributed by atoms with van der Waals surface area (Å²) in [6.07, 6.45) is 0.570. The average molecular weight is 463 g/mol. The van der Waals surface area contributed by atoms with E-state index in [-0.39, 0.29) is 46.8 Å². The Morgan fingerprint density at radius 1 is 1.03 bits per heavy atom. The standard InChI is InChI=1S/C18H16ClN2O5PS.Na.H/c19-18-17(7-4-12-20-18)26-27(22,23)13-21-28(24,25)16-10-8-15(9-11-16)14-5-2-1-3-6-14;;/h1-12,21H,13H2,(H,22,23);;/q;+1;-1. The Labute approximate surface area is 197 Å². The fourth-order valence-electron chi connectivity index (χ4n) is 2.33. The van der Waals surface area contributed by atoms with Crippen molar-refractivity contribution in [2.45, 2.75) is 4.90 Å². The number of hydrogen-bond acceptors (Lipinski definition) is 5. The predicted molar refractivity (Wildman–Crippen MR) is 108 cm³/mol. The molecule has 0 aliphatic heterocycles. The van der Waals surface area contributed by atoms with Gasteiger partial charge in [0.05, 0.1) is 4.90 Å². The molecule has 3 rings (SSSR count). The third-order valence-corrected chi connectivity index (χ3v) is 6.65. The molecule has 148 valence electrons. The van der Waals surface area contributed by atoms with Crippen molar-refractivity contribution in [3.8, 4) is 16.9 Å². The maximum Gasteiger partial charge on any atom is 1.00 e. The summed E-state index contributed by atoms with van der Waals surface area (Å²) in [5.74, 6) is -0.110.